The zero-order valence-corrected chi connectivity index (χ0v) is 11.1. The van der Waals surface area contributed by atoms with E-state index in [4.69, 9.17) is 4.74 Å². The second kappa shape index (κ2) is 6.73. The largest absolute Gasteiger partial charge is 0.383 e. The maximum Gasteiger partial charge on any atom is 0.281 e. The quantitative estimate of drug-likeness (QED) is 0.626. The first-order chi connectivity index (χ1) is 6.46. The van der Waals surface area contributed by atoms with E-state index in [1.54, 1.807) is 7.11 Å². The smallest absolute Gasteiger partial charge is 0.281 e. The summed E-state index contributed by atoms with van der Waals surface area (Å²) in [4.78, 5) is 0. The number of nitrogens with zero attached hydrogens (tertiary/aromatic N) is 2. The zero-order chi connectivity index (χ0) is 11.2. The Kier molecular flexibility index (Phi) is 6.88. The van der Waals surface area contributed by atoms with Crippen LogP contribution in [-0.4, -0.2) is 63.3 Å². The SMILES string of the molecule is COCCN(CCBr)S(=O)(=O)N(C)C. The molecule has 0 amide bonds. The lowest BCUT2D eigenvalue weighted by molar-refractivity contribution is 0.179. The second-order valence-electron chi connectivity index (χ2n) is 2.87. The minimum Gasteiger partial charge on any atom is -0.383 e. The van der Waals surface area contributed by atoms with Gasteiger partial charge in [0.05, 0.1) is 6.61 Å². The summed E-state index contributed by atoms with van der Waals surface area (Å²) >= 11 is 3.22. The van der Waals surface area contributed by atoms with Crippen molar-refractivity contribution in [3.63, 3.8) is 0 Å². The van der Waals surface area contributed by atoms with Crippen LogP contribution in [0, 0.1) is 0 Å². The lowest BCUT2D eigenvalue weighted by atomic mass is 10.6. The highest BCUT2D eigenvalue weighted by Crippen LogP contribution is 2.04. The number of hydrogen-bond acceptors (Lipinski definition) is 3. The van der Waals surface area contributed by atoms with Gasteiger partial charge in [-0.2, -0.15) is 17.0 Å². The maximum absolute atomic E-state index is 11.7. The summed E-state index contributed by atoms with van der Waals surface area (Å²) in [7, 11) is 1.27. The van der Waals surface area contributed by atoms with E-state index in [1.165, 1.54) is 22.7 Å². The van der Waals surface area contributed by atoms with Crippen molar-refractivity contribution in [2.75, 3.05) is 46.2 Å². The minimum absolute atomic E-state index is 0.378. The molecule has 0 aromatic rings. The summed E-state index contributed by atoms with van der Waals surface area (Å²) in [5, 5.41) is 0.615. The maximum atomic E-state index is 11.7. The van der Waals surface area contributed by atoms with Crippen molar-refractivity contribution < 1.29 is 13.2 Å². The van der Waals surface area contributed by atoms with Crippen LogP contribution in [-0.2, 0) is 14.9 Å². The third kappa shape index (κ3) is 4.22. The molecule has 86 valence electrons. The molecule has 0 aromatic heterocycles. The fourth-order valence-corrected chi connectivity index (χ4v) is 2.61. The Morgan fingerprint density at radius 1 is 1.29 bits per heavy atom. The summed E-state index contributed by atoms with van der Waals surface area (Å²) < 4.78 is 30.8. The number of hydrogen-bond donors (Lipinski definition) is 0. The van der Waals surface area contributed by atoms with Crippen molar-refractivity contribution in [3.05, 3.63) is 0 Å². The van der Waals surface area contributed by atoms with Gasteiger partial charge in [-0.15, -0.1) is 0 Å². The van der Waals surface area contributed by atoms with E-state index in [2.05, 4.69) is 15.9 Å². The predicted octanol–water partition coefficient (Wildman–Crippen LogP) is 0.136. The molecule has 0 radical (unpaired) electrons. The Balaban J connectivity index is 4.47. The summed E-state index contributed by atoms with van der Waals surface area (Å²) in [5.74, 6) is 0. The van der Waals surface area contributed by atoms with Crippen LogP contribution in [0.1, 0.15) is 0 Å². The molecule has 0 bridgehead atoms. The number of ether oxygens (including phenoxy) is 1. The van der Waals surface area contributed by atoms with Gasteiger partial charge in [-0.1, -0.05) is 15.9 Å². The Morgan fingerprint density at radius 3 is 2.21 bits per heavy atom. The molecule has 0 fully saturated rings. The number of methoxy groups -OCH3 is 1. The van der Waals surface area contributed by atoms with E-state index in [-0.39, 0.29) is 0 Å². The van der Waals surface area contributed by atoms with E-state index >= 15 is 0 Å². The highest BCUT2D eigenvalue weighted by Gasteiger charge is 2.23. The van der Waals surface area contributed by atoms with Crippen LogP contribution in [0.15, 0.2) is 0 Å². The van der Waals surface area contributed by atoms with Gasteiger partial charge in [-0.25, -0.2) is 0 Å². The van der Waals surface area contributed by atoms with Gasteiger partial charge in [0.1, 0.15) is 0 Å². The van der Waals surface area contributed by atoms with Crippen molar-refractivity contribution in [3.8, 4) is 0 Å². The van der Waals surface area contributed by atoms with Gasteiger partial charge in [0.25, 0.3) is 10.2 Å². The van der Waals surface area contributed by atoms with Gasteiger partial charge in [0, 0.05) is 39.6 Å². The fourth-order valence-electron chi connectivity index (χ4n) is 0.861. The molecule has 0 N–H and O–H groups in total. The Morgan fingerprint density at radius 2 is 1.86 bits per heavy atom. The van der Waals surface area contributed by atoms with Crippen molar-refractivity contribution in [2.45, 2.75) is 0 Å². The van der Waals surface area contributed by atoms with Gasteiger partial charge in [0.15, 0.2) is 0 Å². The van der Waals surface area contributed by atoms with Crippen molar-refractivity contribution in [2.24, 2.45) is 0 Å². The lowest BCUT2D eigenvalue weighted by Gasteiger charge is -2.24. The molecule has 0 aromatic carbocycles. The third-order valence-electron chi connectivity index (χ3n) is 1.67. The molecular formula is C7H17BrN2O3S. The van der Waals surface area contributed by atoms with Crippen LogP contribution in [0.5, 0.6) is 0 Å². The molecule has 14 heavy (non-hydrogen) atoms. The van der Waals surface area contributed by atoms with E-state index in [1.807, 2.05) is 0 Å². The number of alkyl halides is 1. The fraction of sp³-hybridized carbons (Fsp3) is 1.00. The van der Waals surface area contributed by atoms with E-state index in [9.17, 15) is 8.42 Å². The summed E-state index contributed by atoms with van der Waals surface area (Å²) in [6.45, 7) is 1.23. The standard InChI is InChI=1S/C7H17BrN2O3S/c1-9(2)14(11,12)10(5-4-8)6-7-13-3/h4-7H2,1-3H3. The first-order valence-corrected chi connectivity index (χ1v) is 6.71. The zero-order valence-electron chi connectivity index (χ0n) is 8.73. The van der Waals surface area contributed by atoms with Crippen LogP contribution >= 0.6 is 15.9 Å². The molecule has 0 aliphatic rings. The molecular weight excluding hydrogens is 272 g/mol. The Labute approximate surface area is 94.3 Å². The van der Waals surface area contributed by atoms with E-state index in [0.29, 0.717) is 25.0 Å². The average Bonchev–Trinajstić information content (AvgIpc) is 2.11. The number of rotatable bonds is 7. The van der Waals surface area contributed by atoms with Crippen molar-refractivity contribution in [1.29, 1.82) is 0 Å². The predicted molar refractivity (Wildman–Crippen MR) is 59.8 cm³/mol. The molecule has 0 unspecified atom stereocenters. The van der Waals surface area contributed by atoms with Gasteiger partial charge < -0.3 is 4.74 Å². The highest BCUT2D eigenvalue weighted by molar-refractivity contribution is 9.09. The van der Waals surface area contributed by atoms with Crippen LogP contribution in [0.4, 0.5) is 0 Å². The third-order valence-corrected chi connectivity index (χ3v) is 3.96. The number of halogens is 1. The monoisotopic (exact) mass is 288 g/mol. The van der Waals surface area contributed by atoms with E-state index < -0.39 is 10.2 Å². The Bertz CT molecular complexity index is 243. The van der Waals surface area contributed by atoms with Crippen LogP contribution < -0.4 is 0 Å². The molecule has 0 rings (SSSR count). The van der Waals surface area contributed by atoms with Gasteiger partial charge in [-0.3, -0.25) is 0 Å². The lowest BCUT2D eigenvalue weighted by Crippen LogP contribution is -2.42. The molecule has 0 saturated heterocycles. The normalized spacial score (nSPS) is 12.7. The summed E-state index contributed by atoms with van der Waals surface area (Å²) in [6.07, 6.45) is 0. The molecule has 7 heteroatoms. The molecule has 0 atom stereocenters. The topological polar surface area (TPSA) is 49.9 Å². The van der Waals surface area contributed by atoms with Crippen LogP contribution in [0.2, 0.25) is 0 Å². The second-order valence-corrected chi connectivity index (χ2v) is 5.81. The van der Waals surface area contributed by atoms with Gasteiger partial charge in [-0.05, 0) is 0 Å². The first kappa shape index (κ1) is 14.3. The van der Waals surface area contributed by atoms with Crippen molar-refractivity contribution >= 4 is 26.1 Å². The molecule has 0 heterocycles. The van der Waals surface area contributed by atoms with Gasteiger partial charge >= 0.3 is 0 Å². The van der Waals surface area contributed by atoms with Gasteiger partial charge in [0.2, 0.25) is 0 Å². The molecule has 0 aliphatic carbocycles. The first-order valence-electron chi connectivity index (χ1n) is 4.19. The Hall–Kier alpha value is 0.310. The minimum atomic E-state index is -3.32. The highest BCUT2D eigenvalue weighted by atomic mass is 79.9. The van der Waals surface area contributed by atoms with Crippen molar-refractivity contribution in [1.82, 2.24) is 8.61 Å². The molecule has 0 aliphatic heterocycles. The van der Waals surface area contributed by atoms with Crippen LogP contribution in [0.25, 0.3) is 0 Å². The molecule has 0 spiro atoms. The summed E-state index contributed by atoms with van der Waals surface area (Å²) in [5.41, 5.74) is 0. The summed E-state index contributed by atoms with van der Waals surface area (Å²) in [6, 6.07) is 0. The van der Waals surface area contributed by atoms with E-state index in [0.717, 1.165) is 0 Å². The van der Waals surface area contributed by atoms with Crippen LogP contribution in [0.3, 0.4) is 0 Å². The molecule has 5 nitrogen and oxygen atoms in total. The molecule has 0 saturated carbocycles. The average molecular weight is 289 g/mol.